The lowest BCUT2D eigenvalue weighted by molar-refractivity contribution is 0.101. The Morgan fingerprint density at radius 3 is 2.71 bits per heavy atom. The highest BCUT2D eigenvalue weighted by molar-refractivity contribution is 9.10. The van der Waals surface area contributed by atoms with Gasteiger partial charge in [-0.2, -0.15) is 0 Å². The van der Waals surface area contributed by atoms with Crippen LogP contribution < -0.4 is 0 Å². The van der Waals surface area contributed by atoms with E-state index in [9.17, 15) is 9.18 Å². The summed E-state index contributed by atoms with van der Waals surface area (Å²) in [6.45, 7) is 3.17. The number of Topliss-reactive ketones (excluding diaryl/α,β-unsaturated/α-hetero) is 1. The van der Waals surface area contributed by atoms with Gasteiger partial charge in [-0.1, -0.05) is 5.21 Å². The van der Waals surface area contributed by atoms with Crippen LogP contribution in [0.2, 0.25) is 0 Å². The normalized spacial score (nSPS) is 10.6. The fourth-order valence-corrected chi connectivity index (χ4v) is 2.06. The van der Waals surface area contributed by atoms with Crippen LogP contribution in [0, 0.1) is 12.7 Å². The molecule has 1 heterocycles. The van der Waals surface area contributed by atoms with Gasteiger partial charge in [0.05, 0.1) is 11.4 Å². The lowest BCUT2D eigenvalue weighted by atomic mass is 10.2. The maximum atomic E-state index is 13.0. The van der Waals surface area contributed by atoms with E-state index in [1.54, 1.807) is 13.0 Å². The van der Waals surface area contributed by atoms with Crippen molar-refractivity contribution in [3.8, 4) is 5.69 Å². The van der Waals surface area contributed by atoms with Gasteiger partial charge in [-0.3, -0.25) is 4.79 Å². The highest BCUT2D eigenvalue weighted by Gasteiger charge is 2.15. The Bertz CT molecular complexity index is 594. The SMILES string of the molecule is CC(=O)c1nnn(-c2ccc(F)cc2Br)c1C. The fourth-order valence-electron chi connectivity index (χ4n) is 1.54. The molecule has 0 unspecified atom stereocenters. The second-order valence-corrected chi connectivity index (χ2v) is 4.44. The van der Waals surface area contributed by atoms with Gasteiger partial charge in [-0.15, -0.1) is 5.10 Å². The molecule has 0 amide bonds. The summed E-state index contributed by atoms with van der Waals surface area (Å²) in [5.74, 6) is -0.489. The molecule has 2 rings (SSSR count). The Hall–Kier alpha value is -1.56. The Morgan fingerprint density at radius 1 is 1.47 bits per heavy atom. The predicted octanol–water partition coefficient (Wildman–Crippen LogP) is 2.68. The van der Waals surface area contributed by atoms with Gasteiger partial charge in [0.25, 0.3) is 0 Å². The number of hydrogen-bond donors (Lipinski definition) is 0. The first-order valence-corrected chi connectivity index (χ1v) is 5.68. The van der Waals surface area contributed by atoms with Crippen LogP contribution in [-0.4, -0.2) is 20.8 Å². The average Bonchev–Trinajstić information content (AvgIpc) is 2.60. The molecule has 4 nitrogen and oxygen atoms in total. The number of aromatic nitrogens is 3. The summed E-state index contributed by atoms with van der Waals surface area (Å²) in [7, 11) is 0. The molecule has 0 N–H and O–H groups in total. The zero-order chi connectivity index (χ0) is 12.6. The lowest BCUT2D eigenvalue weighted by Crippen LogP contribution is -2.02. The fraction of sp³-hybridized carbons (Fsp3) is 0.182. The van der Waals surface area contributed by atoms with Crippen molar-refractivity contribution in [1.82, 2.24) is 15.0 Å². The van der Waals surface area contributed by atoms with E-state index in [-0.39, 0.29) is 11.6 Å². The Morgan fingerprint density at radius 2 is 2.18 bits per heavy atom. The zero-order valence-corrected chi connectivity index (χ0v) is 10.8. The van der Waals surface area contributed by atoms with Crippen molar-refractivity contribution in [1.29, 1.82) is 0 Å². The van der Waals surface area contributed by atoms with E-state index in [4.69, 9.17) is 0 Å². The number of hydrogen-bond acceptors (Lipinski definition) is 3. The second-order valence-electron chi connectivity index (χ2n) is 3.59. The summed E-state index contributed by atoms with van der Waals surface area (Å²) >= 11 is 3.25. The van der Waals surface area contributed by atoms with Crippen LogP contribution in [0.4, 0.5) is 4.39 Å². The summed E-state index contributed by atoms with van der Waals surface area (Å²) in [5.41, 5.74) is 1.59. The number of carbonyl (C=O) groups is 1. The molecule has 1 aromatic heterocycles. The number of ketones is 1. The Labute approximate surface area is 106 Å². The van der Waals surface area contributed by atoms with Crippen LogP contribution in [0.25, 0.3) is 5.69 Å². The molecule has 0 radical (unpaired) electrons. The van der Waals surface area contributed by atoms with Crippen molar-refractivity contribution in [2.24, 2.45) is 0 Å². The highest BCUT2D eigenvalue weighted by atomic mass is 79.9. The summed E-state index contributed by atoms with van der Waals surface area (Å²) in [4.78, 5) is 11.3. The van der Waals surface area contributed by atoms with E-state index in [0.29, 0.717) is 21.5 Å². The number of rotatable bonds is 2. The smallest absolute Gasteiger partial charge is 0.181 e. The molecule has 0 spiro atoms. The topological polar surface area (TPSA) is 47.8 Å². The molecule has 17 heavy (non-hydrogen) atoms. The maximum absolute atomic E-state index is 13.0. The van der Waals surface area contributed by atoms with E-state index in [1.165, 1.54) is 23.7 Å². The molecule has 0 aliphatic carbocycles. The van der Waals surface area contributed by atoms with Gasteiger partial charge >= 0.3 is 0 Å². The van der Waals surface area contributed by atoms with Crippen LogP contribution >= 0.6 is 15.9 Å². The summed E-state index contributed by atoms with van der Waals surface area (Å²) < 4.78 is 15.0. The number of carbonyl (C=O) groups excluding carboxylic acids is 1. The molecule has 0 bridgehead atoms. The minimum absolute atomic E-state index is 0.146. The zero-order valence-electron chi connectivity index (χ0n) is 9.24. The molecule has 0 atom stereocenters. The summed E-state index contributed by atoms with van der Waals surface area (Å²) in [6.07, 6.45) is 0. The molecule has 0 saturated heterocycles. The largest absolute Gasteiger partial charge is 0.293 e. The van der Waals surface area contributed by atoms with Crippen molar-refractivity contribution >= 4 is 21.7 Å². The number of halogens is 2. The number of nitrogens with zero attached hydrogens (tertiary/aromatic N) is 3. The first-order valence-electron chi connectivity index (χ1n) is 4.89. The van der Waals surface area contributed by atoms with Gasteiger partial charge in [-0.25, -0.2) is 9.07 Å². The van der Waals surface area contributed by atoms with Crippen LogP contribution in [0.3, 0.4) is 0 Å². The average molecular weight is 298 g/mol. The summed E-state index contributed by atoms with van der Waals surface area (Å²) in [5, 5.41) is 7.70. The van der Waals surface area contributed by atoms with Gasteiger partial charge < -0.3 is 0 Å². The molecule has 2 aromatic rings. The molecule has 0 fully saturated rings. The molecule has 6 heteroatoms. The lowest BCUT2D eigenvalue weighted by Gasteiger charge is -2.05. The van der Waals surface area contributed by atoms with Gasteiger partial charge in [0.2, 0.25) is 0 Å². The molecule has 1 aromatic carbocycles. The third-order valence-corrected chi connectivity index (χ3v) is 3.00. The minimum atomic E-state index is -0.342. The van der Waals surface area contributed by atoms with E-state index < -0.39 is 0 Å². The molecule has 0 saturated carbocycles. The Balaban J connectivity index is 2.57. The van der Waals surface area contributed by atoms with Crippen molar-refractivity contribution in [2.75, 3.05) is 0 Å². The van der Waals surface area contributed by atoms with Crippen molar-refractivity contribution in [2.45, 2.75) is 13.8 Å². The quantitative estimate of drug-likeness (QED) is 0.801. The first-order chi connectivity index (χ1) is 8.00. The molecule has 88 valence electrons. The Kier molecular flexibility index (Phi) is 3.06. The van der Waals surface area contributed by atoms with Gasteiger partial charge in [-0.05, 0) is 41.1 Å². The molecule has 0 aliphatic rings. The molecule has 0 aliphatic heterocycles. The molecular formula is C11H9BrFN3O. The summed E-state index contributed by atoms with van der Waals surface area (Å²) in [6, 6.07) is 4.24. The van der Waals surface area contributed by atoms with Crippen molar-refractivity contribution < 1.29 is 9.18 Å². The van der Waals surface area contributed by atoms with Crippen LogP contribution in [0.15, 0.2) is 22.7 Å². The minimum Gasteiger partial charge on any atom is -0.293 e. The van der Waals surface area contributed by atoms with Gasteiger partial charge in [0, 0.05) is 11.4 Å². The first kappa shape index (κ1) is 11.9. The molecular weight excluding hydrogens is 289 g/mol. The maximum Gasteiger partial charge on any atom is 0.181 e. The predicted molar refractivity (Wildman–Crippen MR) is 63.8 cm³/mol. The highest BCUT2D eigenvalue weighted by Crippen LogP contribution is 2.23. The van der Waals surface area contributed by atoms with Gasteiger partial charge in [0.1, 0.15) is 5.82 Å². The van der Waals surface area contributed by atoms with E-state index >= 15 is 0 Å². The van der Waals surface area contributed by atoms with E-state index in [2.05, 4.69) is 26.2 Å². The third kappa shape index (κ3) is 2.12. The van der Waals surface area contributed by atoms with Crippen LogP contribution in [0.5, 0.6) is 0 Å². The van der Waals surface area contributed by atoms with Crippen LogP contribution in [-0.2, 0) is 0 Å². The van der Waals surface area contributed by atoms with Crippen LogP contribution in [0.1, 0.15) is 23.1 Å². The third-order valence-electron chi connectivity index (χ3n) is 2.37. The van der Waals surface area contributed by atoms with Crippen molar-refractivity contribution in [3.63, 3.8) is 0 Å². The standard InChI is InChI=1S/C11H9BrFN3O/c1-6-11(7(2)17)14-15-16(6)10-4-3-8(13)5-9(10)12/h3-5H,1-2H3. The number of benzene rings is 1. The van der Waals surface area contributed by atoms with E-state index in [1.807, 2.05) is 0 Å². The van der Waals surface area contributed by atoms with Crippen molar-refractivity contribution in [3.05, 3.63) is 39.9 Å². The van der Waals surface area contributed by atoms with E-state index in [0.717, 1.165) is 0 Å². The van der Waals surface area contributed by atoms with Gasteiger partial charge in [0.15, 0.2) is 11.5 Å². The second kappa shape index (κ2) is 4.37. The monoisotopic (exact) mass is 297 g/mol.